The van der Waals surface area contributed by atoms with E-state index in [4.69, 9.17) is 4.74 Å². The number of rotatable bonds is 5. The van der Waals surface area contributed by atoms with Gasteiger partial charge in [0.25, 0.3) is 5.91 Å². The van der Waals surface area contributed by atoms with E-state index in [0.717, 1.165) is 25.3 Å². The third kappa shape index (κ3) is 5.66. The van der Waals surface area contributed by atoms with Crippen LogP contribution < -0.4 is 5.32 Å². The number of nitrogens with one attached hydrogen (secondary N) is 1. The first-order chi connectivity index (χ1) is 10.1. The van der Waals surface area contributed by atoms with Gasteiger partial charge in [0.05, 0.1) is 0 Å². The molecule has 4 heteroatoms. The van der Waals surface area contributed by atoms with Crippen LogP contribution in [-0.4, -0.2) is 23.5 Å². The molecular weight excluding hydrogens is 278 g/mol. The Morgan fingerprint density at radius 1 is 1.45 bits per heavy atom. The van der Waals surface area contributed by atoms with Crippen molar-refractivity contribution < 1.29 is 14.3 Å². The summed E-state index contributed by atoms with van der Waals surface area (Å²) in [5.41, 5.74) is 1.03. The fourth-order valence-corrected chi connectivity index (χ4v) is 2.72. The smallest absolute Gasteiger partial charge is 0.330 e. The van der Waals surface area contributed by atoms with E-state index in [1.54, 1.807) is 0 Å². The minimum absolute atomic E-state index is 0.0319. The molecule has 1 amide bonds. The zero-order chi connectivity index (χ0) is 16.9. The molecule has 0 fully saturated rings. The molecule has 0 heterocycles. The van der Waals surface area contributed by atoms with Crippen molar-refractivity contribution in [1.29, 1.82) is 0 Å². The highest BCUT2D eigenvalue weighted by atomic mass is 16.5. The predicted molar refractivity (Wildman–Crippen MR) is 88.2 cm³/mol. The van der Waals surface area contributed by atoms with E-state index in [-0.39, 0.29) is 17.4 Å². The first kappa shape index (κ1) is 18.5. The van der Waals surface area contributed by atoms with Gasteiger partial charge in [-0.05, 0) is 52.9 Å². The zero-order valence-corrected chi connectivity index (χ0v) is 14.4. The molecule has 0 aliphatic heterocycles. The fourth-order valence-electron chi connectivity index (χ4n) is 2.72. The Morgan fingerprint density at radius 3 is 2.55 bits per heavy atom. The molecule has 0 aromatic carbocycles. The number of esters is 1. The number of carbonyl (C=O) groups is 2. The summed E-state index contributed by atoms with van der Waals surface area (Å²) in [5, 5.41) is 2.91. The van der Waals surface area contributed by atoms with E-state index < -0.39 is 12.1 Å². The molecule has 1 aliphatic rings. The second-order valence-corrected chi connectivity index (χ2v) is 7.24. The lowest BCUT2D eigenvalue weighted by molar-refractivity contribution is -0.156. The van der Waals surface area contributed by atoms with Crippen molar-refractivity contribution in [2.45, 2.75) is 65.5 Å². The summed E-state index contributed by atoms with van der Waals surface area (Å²) in [6, 6.07) is 0. The minimum Gasteiger partial charge on any atom is -0.449 e. The third-order valence-electron chi connectivity index (χ3n) is 4.07. The lowest BCUT2D eigenvalue weighted by Crippen LogP contribution is -2.50. The standard InChI is InChI=1S/C18H29NO3/c1-7-15(20)22-16(17(21)19-18(4,5)6)13(3)14-10-8-12(2)9-11-14/h7-8,13-14,16H,1,9-11H2,2-6H3,(H,19,21). The van der Waals surface area contributed by atoms with Crippen molar-refractivity contribution in [3.8, 4) is 0 Å². The molecule has 0 spiro atoms. The average molecular weight is 307 g/mol. The molecule has 0 saturated carbocycles. The maximum atomic E-state index is 12.5. The van der Waals surface area contributed by atoms with Crippen molar-refractivity contribution in [2.75, 3.05) is 0 Å². The summed E-state index contributed by atoms with van der Waals surface area (Å²) in [6.45, 7) is 13.3. The van der Waals surface area contributed by atoms with Gasteiger partial charge < -0.3 is 10.1 Å². The van der Waals surface area contributed by atoms with Gasteiger partial charge in [0.2, 0.25) is 0 Å². The van der Waals surface area contributed by atoms with E-state index in [0.29, 0.717) is 5.92 Å². The van der Waals surface area contributed by atoms with Crippen LogP contribution in [0, 0.1) is 11.8 Å². The van der Waals surface area contributed by atoms with E-state index >= 15 is 0 Å². The lowest BCUT2D eigenvalue weighted by Gasteiger charge is -2.33. The van der Waals surface area contributed by atoms with Crippen molar-refractivity contribution in [3.05, 3.63) is 24.3 Å². The molecule has 3 unspecified atom stereocenters. The molecule has 0 saturated heterocycles. The quantitative estimate of drug-likeness (QED) is 0.481. The number of hydrogen-bond acceptors (Lipinski definition) is 3. The van der Waals surface area contributed by atoms with Crippen LogP contribution in [0.25, 0.3) is 0 Å². The highest BCUT2D eigenvalue weighted by Crippen LogP contribution is 2.32. The Kier molecular flexibility index (Phi) is 6.39. The van der Waals surface area contributed by atoms with Crippen LogP contribution in [0.1, 0.15) is 53.9 Å². The van der Waals surface area contributed by atoms with Crippen LogP contribution in [0.4, 0.5) is 0 Å². The van der Waals surface area contributed by atoms with E-state index in [9.17, 15) is 9.59 Å². The number of ether oxygens (including phenoxy) is 1. The van der Waals surface area contributed by atoms with Crippen LogP contribution >= 0.6 is 0 Å². The number of allylic oxidation sites excluding steroid dienone is 2. The van der Waals surface area contributed by atoms with Crippen molar-refractivity contribution in [3.63, 3.8) is 0 Å². The van der Waals surface area contributed by atoms with Gasteiger partial charge in [0.1, 0.15) is 0 Å². The molecule has 3 atom stereocenters. The maximum Gasteiger partial charge on any atom is 0.330 e. The van der Waals surface area contributed by atoms with Gasteiger partial charge in [-0.3, -0.25) is 4.79 Å². The van der Waals surface area contributed by atoms with Crippen molar-refractivity contribution in [1.82, 2.24) is 5.32 Å². The van der Waals surface area contributed by atoms with Gasteiger partial charge in [-0.1, -0.05) is 25.2 Å². The second-order valence-electron chi connectivity index (χ2n) is 7.24. The monoisotopic (exact) mass is 307 g/mol. The summed E-state index contributed by atoms with van der Waals surface area (Å²) in [5.74, 6) is -0.474. The number of carbonyl (C=O) groups excluding carboxylic acids is 2. The third-order valence-corrected chi connectivity index (χ3v) is 4.07. The van der Waals surface area contributed by atoms with Crippen LogP contribution in [0.5, 0.6) is 0 Å². The van der Waals surface area contributed by atoms with Crippen LogP contribution in [0.15, 0.2) is 24.3 Å². The second kappa shape index (κ2) is 7.61. The Morgan fingerprint density at radius 2 is 2.09 bits per heavy atom. The first-order valence-electron chi connectivity index (χ1n) is 7.94. The summed E-state index contributed by atoms with van der Waals surface area (Å²) in [4.78, 5) is 24.1. The molecule has 124 valence electrons. The SMILES string of the molecule is C=CC(=O)OC(C(=O)NC(C)(C)C)C(C)C1CC=C(C)CC1. The molecule has 0 aromatic heterocycles. The van der Waals surface area contributed by atoms with E-state index in [1.165, 1.54) is 5.57 Å². The molecule has 1 aliphatic carbocycles. The average Bonchev–Trinajstić information content (AvgIpc) is 2.42. The molecule has 1 N–H and O–H groups in total. The van der Waals surface area contributed by atoms with Crippen molar-refractivity contribution in [2.24, 2.45) is 11.8 Å². The number of amides is 1. The molecule has 0 bridgehead atoms. The van der Waals surface area contributed by atoms with Gasteiger partial charge in [0.15, 0.2) is 6.10 Å². The summed E-state index contributed by atoms with van der Waals surface area (Å²) < 4.78 is 5.36. The summed E-state index contributed by atoms with van der Waals surface area (Å²) >= 11 is 0. The molecule has 0 radical (unpaired) electrons. The summed E-state index contributed by atoms with van der Waals surface area (Å²) in [6.07, 6.45) is 5.54. The Hall–Kier alpha value is -1.58. The first-order valence-corrected chi connectivity index (χ1v) is 7.94. The minimum atomic E-state index is -0.776. The number of hydrogen-bond donors (Lipinski definition) is 1. The Labute approximate surface area is 134 Å². The van der Waals surface area contributed by atoms with Gasteiger partial charge in [0, 0.05) is 17.5 Å². The lowest BCUT2D eigenvalue weighted by atomic mass is 9.79. The van der Waals surface area contributed by atoms with Gasteiger partial charge in [-0.2, -0.15) is 0 Å². The Bertz CT molecular complexity index is 459. The normalized spacial score (nSPS) is 21.3. The Balaban J connectivity index is 2.86. The largest absolute Gasteiger partial charge is 0.449 e. The van der Waals surface area contributed by atoms with Gasteiger partial charge >= 0.3 is 5.97 Å². The molecular formula is C18H29NO3. The van der Waals surface area contributed by atoms with Crippen LogP contribution in [-0.2, 0) is 14.3 Å². The fraction of sp³-hybridized carbons (Fsp3) is 0.667. The van der Waals surface area contributed by atoms with Crippen molar-refractivity contribution >= 4 is 11.9 Å². The van der Waals surface area contributed by atoms with E-state index in [1.807, 2.05) is 27.7 Å². The molecule has 4 nitrogen and oxygen atoms in total. The topological polar surface area (TPSA) is 55.4 Å². The van der Waals surface area contributed by atoms with Crippen LogP contribution in [0.3, 0.4) is 0 Å². The van der Waals surface area contributed by atoms with E-state index in [2.05, 4.69) is 24.9 Å². The highest BCUT2D eigenvalue weighted by Gasteiger charge is 2.35. The van der Waals surface area contributed by atoms with Crippen LogP contribution in [0.2, 0.25) is 0 Å². The molecule has 1 rings (SSSR count). The van der Waals surface area contributed by atoms with Gasteiger partial charge in [-0.15, -0.1) is 0 Å². The summed E-state index contributed by atoms with van der Waals surface area (Å²) in [7, 11) is 0. The molecule has 22 heavy (non-hydrogen) atoms. The maximum absolute atomic E-state index is 12.5. The molecule has 0 aromatic rings. The van der Waals surface area contributed by atoms with Gasteiger partial charge in [-0.25, -0.2) is 4.79 Å². The highest BCUT2D eigenvalue weighted by molar-refractivity contribution is 5.87. The zero-order valence-electron chi connectivity index (χ0n) is 14.4. The predicted octanol–water partition coefficient (Wildman–Crippen LogP) is 3.38.